The van der Waals surface area contributed by atoms with Crippen LogP contribution in [-0.2, 0) is 30.9 Å². The van der Waals surface area contributed by atoms with Crippen LogP contribution in [0.2, 0.25) is 0 Å². The van der Waals surface area contributed by atoms with Crippen molar-refractivity contribution in [2.75, 3.05) is 26.8 Å². The van der Waals surface area contributed by atoms with E-state index in [0.717, 1.165) is 0 Å². The average Bonchev–Trinajstić information content (AvgIpc) is 2.61. The molecule has 0 bridgehead atoms. The molecule has 0 saturated carbocycles. The molecular formula is C18H25NO7S. The third kappa shape index (κ3) is 5.06. The lowest BCUT2D eigenvalue weighted by Crippen LogP contribution is -2.45. The molecule has 0 aromatic heterocycles. The van der Waals surface area contributed by atoms with Crippen LogP contribution in [0.25, 0.3) is 0 Å². The molecule has 2 unspecified atom stereocenters. The van der Waals surface area contributed by atoms with E-state index in [-0.39, 0.29) is 42.7 Å². The highest BCUT2D eigenvalue weighted by atomic mass is 32.2. The molecule has 1 aliphatic heterocycles. The topological polar surface area (TPSA) is 110 Å². The number of carboxylic acid groups (broad SMARTS) is 1. The second-order valence-electron chi connectivity index (χ2n) is 6.72. The number of esters is 1. The number of hydrogen-bond acceptors (Lipinski definition) is 6. The van der Waals surface area contributed by atoms with Gasteiger partial charge in [-0.05, 0) is 43.0 Å². The van der Waals surface area contributed by atoms with Gasteiger partial charge in [-0.25, -0.2) is 13.2 Å². The van der Waals surface area contributed by atoms with Crippen LogP contribution in [0.3, 0.4) is 0 Å². The minimum Gasteiger partial charge on any atom is -0.481 e. The van der Waals surface area contributed by atoms with E-state index in [1.54, 1.807) is 6.92 Å². The van der Waals surface area contributed by atoms with Crippen LogP contribution in [0.5, 0.6) is 0 Å². The summed E-state index contributed by atoms with van der Waals surface area (Å²) in [7, 11) is -2.50. The first kappa shape index (κ1) is 21.3. The summed E-state index contributed by atoms with van der Waals surface area (Å²) in [6.45, 7) is 3.92. The second-order valence-corrected chi connectivity index (χ2v) is 8.66. The molecule has 150 valence electrons. The van der Waals surface area contributed by atoms with E-state index < -0.39 is 27.9 Å². The van der Waals surface area contributed by atoms with Crippen LogP contribution < -0.4 is 0 Å². The number of carboxylic acids is 1. The van der Waals surface area contributed by atoms with Crippen molar-refractivity contribution >= 4 is 22.0 Å². The number of hydrogen-bond donors (Lipinski definition) is 1. The Bertz CT molecular complexity index is 806. The summed E-state index contributed by atoms with van der Waals surface area (Å²) in [6, 6.07) is 4.23. The van der Waals surface area contributed by atoms with Crippen LogP contribution in [0, 0.1) is 11.8 Å². The molecule has 0 radical (unpaired) electrons. The van der Waals surface area contributed by atoms with Crippen LogP contribution in [0.15, 0.2) is 23.1 Å². The zero-order chi connectivity index (χ0) is 20.2. The molecule has 0 aliphatic carbocycles. The largest absolute Gasteiger partial charge is 0.481 e. The van der Waals surface area contributed by atoms with Crippen molar-refractivity contribution in [3.8, 4) is 0 Å². The van der Waals surface area contributed by atoms with Gasteiger partial charge in [0.1, 0.15) is 0 Å². The maximum atomic E-state index is 13.1. The van der Waals surface area contributed by atoms with Gasteiger partial charge in [0.2, 0.25) is 10.0 Å². The molecule has 1 heterocycles. The van der Waals surface area contributed by atoms with Crippen LogP contribution in [0.1, 0.15) is 36.2 Å². The van der Waals surface area contributed by atoms with E-state index in [9.17, 15) is 23.1 Å². The molecule has 27 heavy (non-hydrogen) atoms. The molecule has 0 spiro atoms. The normalized spacial score (nSPS) is 21.0. The summed E-state index contributed by atoms with van der Waals surface area (Å²) >= 11 is 0. The van der Waals surface area contributed by atoms with Crippen molar-refractivity contribution in [3.05, 3.63) is 29.3 Å². The van der Waals surface area contributed by atoms with Crippen LogP contribution in [-0.4, -0.2) is 56.6 Å². The van der Waals surface area contributed by atoms with Crippen molar-refractivity contribution in [1.29, 1.82) is 0 Å². The minimum atomic E-state index is -3.97. The zero-order valence-corrected chi connectivity index (χ0v) is 16.5. The third-order valence-corrected chi connectivity index (χ3v) is 6.21. The predicted octanol–water partition coefficient (Wildman–Crippen LogP) is 1.74. The number of rotatable bonds is 7. The number of carbonyl (C=O) groups is 2. The molecule has 2 rings (SSSR count). The lowest BCUT2D eigenvalue weighted by molar-refractivity contribution is -0.143. The summed E-state index contributed by atoms with van der Waals surface area (Å²) in [5, 5.41) is 9.30. The molecule has 1 N–H and O–H groups in total. The highest BCUT2D eigenvalue weighted by molar-refractivity contribution is 7.89. The highest BCUT2D eigenvalue weighted by Crippen LogP contribution is 2.28. The molecule has 0 amide bonds. The number of aliphatic carboxylic acids is 1. The van der Waals surface area contributed by atoms with Gasteiger partial charge in [-0.1, -0.05) is 6.92 Å². The maximum absolute atomic E-state index is 13.1. The van der Waals surface area contributed by atoms with Gasteiger partial charge in [-0.15, -0.1) is 0 Å². The Morgan fingerprint density at radius 2 is 1.96 bits per heavy atom. The number of methoxy groups -OCH3 is 1. The molecule has 1 aromatic carbocycles. The molecule has 8 nitrogen and oxygen atoms in total. The fraction of sp³-hybridized carbons (Fsp3) is 0.556. The molecule has 1 fully saturated rings. The third-order valence-electron chi connectivity index (χ3n) is 4.40. The first-order chi connectivity index (χ1) is 12.7. The first-order valence-corrected chi connectivity index (χ1v) is 10.2. The van der Waals surface area contributed by atoms with E-state index in [0.29, 0.717) is 12.0 Å². The summed E-state index contributed by atoms with van der Waals surface area (Å²) in [6.07, 6.45) is 0.430. The Morgan fingerprint density at radius 1 is 1.26 bits per heavy atom. The van der Waals surface area contributed by atoms with Crippen molar-refractivity contribution in [2.24, 2.45) is 11.8 Å². The highest BCUT2D eigenvalue weighted by Gasteiger charge is 2.36. The van der Waals surface area contributed by atoms with E-state index >= 15 is 0 Å². The van der Waals surface area contributed by atoms with Gasteiger partial charge in [0.25, 0.3) is 0 Å². The smallest absolute Gasteiger partial charge is 0.338 e. The molecule has 1 aliphatic rings. The van der Waals surface area contributed by atoms with Crippen molar-refractivity contribution in [2.45, 2.75) is 31.8 Å². The zero-order valence-electron chi connectivity index (χ0n) is 15.7. The van der Waals surface area contributed by atoms with E-state index in [2.05, 4.69) is 0 Å². The lowest BCUT2D eigenvalue weighted by atomic mass is 9.92. The summed E-state index contributed by atoms with van der Waals surface area (Å²) < 4.78 is 37.5. The monoisotopic (exact) mass is 399 g/mol. The number of benzene rings is 1. The Kier molecular flexibility index (Phi) is 6.96. The first-order valence-electron chi connectivity index (χ1n) is 8.72. The van der Waals surface area contributed by atoms with E-state index in [1.807, 2.05) is 6.92 Å². The summed E-state index contributed by atoms with van der Waals surface area (Å²) in [5.41, 5.74) is 0.631. The van der Waals surface area contributed by atoms with Crippen LogP contribution in [0.4, 0.5) is 0 Å². The van der Waals surface area contributed by atoms with Gasteiger partial charge in [-0.2, -0.15) is 4.31 Å². The minimum absolute atomic E-state index is 0.0710. The van der Waals surface area contributed by atoms with Gasteiger partial charge >= 0.3 is 11.9 Å². The van der Waals surface area contributed by atoms with E-state index in [4.69, 9.17) is 9.47 Å². The quantitative estimate of drug-likeness (QED) is 0.695. The fourth-order valence-corrected chi connectivity index (χ4v) is 4.92. The van der Waals surface area contributed by atoms with Crippen LogP contribution >= 0.6 is 0 Å². The Hall–Kier alpha value is -1.97. The molecule has 9 heteroatoms. The van der Waals surface area contributed by atoms with Crippen molar-refractivity contribution < 1.29 is 32.6 Å². The van der Waals surface area contributed by atoms with Gasteiger partial charge in [0.15, 0.2) is 0 Å². The Balaban J connectivity index is 2.44. The van der Waals surface area contributed by atoms with Crippen molar-refractivity contribution in [3.63, 3.8) is 0 Å². The van der Waals surface area contributed by atoms with Gasteiger partial charge in [0, 0.05) is 20.2 Å². The predicted molar refractivity (Wildman–Crippen MR) is 96.8 cm³/mol. The van der Waals surface area contributed by atoms with Gasteiger partial charge < -0.3 is 14.6 Å². The van der Waals surface area contributed by atoms with Gasteiger partial charge in [-0.3, -0.25) is 4.79 Å². The average molecular weight is 399 g/mol. The SMILES string of the molecule is CCOC(=O)c1cc(COC)cc(S(=O)(=O)N2CC(C)CC(C(=O)O)C2)c1. The van der Waals surface area contributed by atoms with Gasteiger partial charge in [0.05, 0.1) is 29.6 Å². The number of piperidine rings is 1. The summed E-state index contributed by atoms with van der Waals surface area (Å²) in [5.74, 6) is -2.47. The molecular weight excluding hydrogens is 374 g/mol. The number of sulfonamides is 1. The Morgan fingerprint density at radius 3 is 2.56 bits per heavy atom. The summed E-state index contributed by atoms with van der Waals surface area (Å²) in [4.78, 5) is 23.4. The van der Waals surface area contributed by atoms with Crippen molar-refractivity contribution in [1.82, 2.24) is 4.31 Å². The number of carbonyl (C=O) groups excluding carboxylic acids is 1. The second kappa shape index (κ2) is 8.81. The molecule has 1 saturated heterocycles. The Labute approximate surface area is 159 Å². The van der Waals surface area contributed by atoms with E-state index in [1.165, 1.54) is 29.6 Å². The number of nitrogens with zero attached hydrogens (tertiary/aromatic N) is 1. The maximum Gasteiger partial charge on any atom is 0.338 e. The lowest BCUT2D eigenvalue weighted by Gasteiger charge is -2.33. The standard InChI is InChI=1S/C18H25NO7S/c1-4-26-18(22)14-6-13(11-25-3)7-16(8-14)27(23,24)19-9-12(2)5-15(10-19)17(20)21/h6-8,12,15H,4-5,9-11H2,1-3H3,(H,20,21). The molecule has 1 aromatic rings. The molecule has 2 atom stereocenters. The fourth-order valence-electron chi connectivity index (χ4n) is 3.22. The number of ether oxygens (including phenoxy) is 2.